The summed E-state index contributed by atoms with van der Waals surface area (Å²) in [5.41, 5.74) is 14.5. The summed E-state index contributed by atoms with van der Waals surface area (Å²) in [7, 11) is 0. The summed E-state index contributed by atoms with van der Waals surface area (Å²) < 4.78 is 9.09. The summed E-state index contributed by atoms with van der Waals surface area (Å²) in [5.74, 6) is 1.79. The summed E-state index contributed by atoms with van der Waals surface area (Å²) in [6, 6.07) is 76.3. The highest BCUT2D eigenvalue weighted by atomic mass is 16.3. The molecule has 0 aliphatic carbocycles. The molecule has 0 aliphatic heterocycles. The number of benzene rings is 9. The van der Waals surface area contributed by atoms with E-state index in [2.05, 4.69) is 187 Å². The molecule has 12 rings (SSSR count). The lowest BCUT2D eigenvalue weighted by Gasteiger charge is -2.14. The van der Waals surface area contributed by atoms with Gasteiger partial charge in [0.15, 0.2) is 17.5 Å². The predicted octanol–water partition coefficient (Wildman–Crippen LogP) is 14.9. The normalized spacial score (nSPS) is 11.5. The molecule has 0 saturated carbocycles. The second-order valence-electron chi connectivity index (χ2n) is 15.6. The molecule has 0 saturated heterocycles. The first-order valence-electron chi connectivity index (χ1n) is 20.8. The summed E-state index contributed by atoms with van der Waals surface area (Å²) >= 11 is 0. The van der Waals surface area contributed by atoms with Crippen LogP contribution in [0.15, 0.2) is 223 Å². The number of hydrogen-bond acceptors (Lipinski definition) is 4. The SMILES string of the molecule is c1ccc(-c2ccc(-c3cccc(-c4nc(-c5ccccc5)nc(-c5ccc6c(c5)oc5cccc(-c7ccccc7-n7c8ccccc8c8ccccc87)c56)n4)c3)cc2)cc1. The van der Waals surface area contributed by atoms with E-state index >= 15 is 0 Å². The van der Waals surface area contributed by atoms with Crippen molar-refractivity contribution >= 4 is 43.7 Å². The fraction of sp³-hybridized carbons (Fsp3) is 0. The zero-order chi connectivity index (χ0) is 41.0. The van der Waals surface area contributed by atoms with Crippen LogP contribution >= 0.6 is 0 Å². The van der Waals surface area contributed by atoms with E-state index in [-0.39, 0.29) is 0 Å². The van der Waals surface area contributed by atoms with Crippen LogP contribution in [-0.4, -0.2) is 19.5 Å². The molecule has 0 spiro atoms. The van der Waals surface area contributed by atoms with Gasteiger partial charge in [0.2, 0.25) is 0 Å². The molecule has 12 aromatic rings. The van der Waals surface area contributed by atoms with Gasteiger partial charge in [0.25, 0.3) is 0 Å². The van der Waals surface area contributed by atoms with Gasteiger partial charge in [0.1, 0.15) is 11.2 Å². The van der Waals surface area contributed by atoms with E-state index < -0.39 is 0 Å². The van der Waals surface area contributed by atoms with Gasteiger partial charge in [-0.2, -0.15) is 0 Å². The number of furan rings is 1. The molecule has 0 atom stereocenters. The molecule has 3 heterocycles. The van der Waals surface area contributed by atoms with Gasteiger partial charge in [0, 0.05) is 43.8 Å². The second-order valence-corrected chi connectivity index (χ2v) is 15.6. The van der Waals surface area contributed by atoms with Crippen LogP contribution in [0.25, 0.3) is 117 Å². The molecule has 5 nitrogen and oxygen atoms in total. The molecule has 0 bridgehead atoms. The second kappa shape index (κ2) is 14.7. The average Bonchev–Trinajstić information content (AvgIpc) is 3.90. The Bertz CT molecular complexity index is 3570. The van der Waals surface area contributed by atoms with Crippen molar-refractivity contribution in [1.29, 1.82) is 0 Å². The van der Waals surface area contributed by atoms with E-state index in [1.165, 1.54) is 32.9 Å². The molecule has 0 N–H and O–H groups in total. The van der Waals surface area contributed by atoms with Crippen molar-refractivity contribution in [1.82, 2.24) is 19.5 Å². The van der Waals surface area contributed by atoms with Gasteiger partial charge >= 0.3 is 0 Å². The van der Waals surface area contributed by atoms with Gasteiger partial charge < -0.3 is 8.98 Å². The van der Waals surface area contributed by atoms with Gasteiger partial charge in [-0.05, 0) is 70.3 Å². The predicted molar refractivity (Wildman–Crippen MR) is 254 cm³/mol. The molecular weight excluding hydrogens is 757 g/mol. The molecule has 0 radical (unpaired) electrons. The fourth-order valence-electron chi connectivity index (χ4n) is 8.94. The topological polar surface area (TPSA) is 56.7 Å². The Kier molecular flexibility index (Phi) is 8.42. The van der Waals surface area contributed by atoms with Crippen molar-refractivity contribution in [2.24, 2.45) is 0 Å². The van der Waals surface area contributed by atoms with E-state index in [4.69, 9.17) is 19.4 Å². The van der Waals surface area contributed by atoms with E-state index in [0.29, 0.717) is 17.5 Å². The standard InChI is InChI=1S/C57H36N4O/c1-3-15-37(16-4-1)38-29-31-39(32-30-38)41-19-13-20-42(35-41)56-58-55(40-17-5-2-6-18-40)59-57(60-56)43-33-34-48-53(36-43)62-52-28-14-24-47(54(48)52)46-23-9-12-27-51(46)61-49-25-10-7-21-44(49)45-22-8-11-26-50(45)61/h1-36H. The van der Waals surface area contributed by atoms with E-state index in [0.717, 1.165) is 66.6 Å². The van der Waals surface area contributed by atoms with E-state index in [1.807, 2.05) is 36.4 Å². The van der Waals surface area contributed by atoms with Crippen molar-refractivity contribution in [2.75, 3.05) is 0 Å². The number of rotatable bonds is 7. The number of hydrogen-bond donors (Lipinski definition) is 0. The first kappa shape index (κ1) is 35.5. The Labute approximate surface area is 357 Å². The lowest BCUT2D eigenvalue weighted by atomic mass is 9.97. The molecule has 290 valence electrons. The Balaban J connectivity index is 0.968. The lowest BCUT2D eigenvalue weighted by molar-refractivity contribution is 0.669. The summed E-state index contributed by atoms with van der Waals surface area (Å²) in [4.78, 5) is 15.3. The highest BCUT2D eigenvalue weighted by molar-refractivity contribution is 6.15. The third kappa shape index (κ3) is 6.06. The quantitative estimate of drug-likeness (QED) is 0.161. The van der Waals surface area contributed by atoms with Crippen LogP contribution in [-0.2, 0) is 0 Å². The maximum Gasteiger partial charge on any atom is 0.164 e. The smallest absolute Gasteiger partial charge is 0.164 e. The maximum atomic E-state index is 6.70. The Morgan fingerprint density at radius 3 is 1.50 bits per heavy atom. The molecule has 9 aromatic carbocycles. The van der Waals surface area contributed by atoms with Gasteiger partial charge in [-0.3, -0.25) is 0 Å². The van der Waals surface area contributed by atoms with Gasteiger partial charge in [-0.15, -0.1) is 0 Å². The van der Waals surface area contributed by atoms with E-state index in [9.17, 15) is 0 Å². The molecular formula is C57H36N4O. The number of para-hydroxylation sites is 3. The van der Waals surface area contributed by atoms with Crippen LogP contribution in [0.4, 0.5) is 0 Å². The summed E-state index contributed by atoms with van der Waals surface area (Å²) in [5, 5.41) is 4.56. The van der Waals surface area contributed by atoms with Crippen LogP contribution in [0, 0.1) is 0 Å². The van der Waals surface area contributed by atoms with Gasteiger partial charge in [0.05, 0.1) is 16.7 Å². The van der Waals surface area contributed by atoms with Crippen LogP contribution in [0.3, 0.4) is 0 Å². The van der Waals surface area contributed by atoms with Crippen LogP contribution in [0.5, 0.6) is 0 Å². The molecule has 3 aromatic heterocycles. The molecule has 0 aliphatic rings. The minimum Gasteiger partial charge on any atom is -0.456 e. The molecule has 0 unspecified atom stereocenters. The largest absolute Gasteiger partial charge is 0.456 e. The third-order valence-electron chi connectivity index (χ3n) is 11.9. The van der Waals surface area contributed by atoms with E-state index in [1.54, 1.807) is 0 Å². The highest BCUT2D eigenvalue weighted by Crippen LogP contribution is 2.42. The molecule has 62 heavy (non-hydrogen) atoms. The zero-order valence-corrected chi connectivity index (χ0v) is 33.5. The summed E-state index contributed by atoms with van der Waals surface area (Å²) in [6.45, 7) is 0. The summed E-state index contributed by atoms with van der Waals surface area (Å²) in [6.07, 6.45) is 0. The van der Waals surface area contributed by atoms with Crippen LogP contribution in [0.1, 0.15) is 0 Å². The van der Waals surface area contributed by atoms with Crippen molar-refractivity contribution in [3.05, 3.63) is 218 Å². The van der Waals surface area contributed by atoms with Gasteiger partial charge in [-0.25, -0.2) is 15.0 Å². The maximum absolute atomic E-state index is 6.70. The molecule has 0 amide bonds. The molecule has 0 fully saturated rings. The first-order chi connectivity index (χ1) is 30.7. The fourth-order valence-corrected chi connectivity index (χ4v) is 8.94. The number of aromatic nitrogens is 4. The van der Waals surface area contributed by atoms with Gasteiger partial charge in [-0.1, -0.05) is 176 Å². The zero-order valence-electron chi connectivity index (χ0n) is 33.5. The lowest BCUT2D eigenvalue weighted by Crippen LogP contribution is -2.00. The first-order valence-corrected chi connectivity index (χ1v) is 20.8. The van der Waals surface area contributed by atoms with Crippen molar-refractivity contribution < 1.29 is 4.42 Å². The minimum atomic E-state index is 0.575. The minimum absolute atomic E-state index is 0.575. The number of fused-ring (bicyclic) bond motifs is 6. The Morgan fingerprint density at radius 1 is 0.306 bits per heavy atom. The third-order valence-corrected chi connectivity index (χ3v) is 11.9. The Hall–Kier alpha value is -8.41. The molecule has 5 heteroatoms. The van der Waals surface area contributed by atoms with Crippen molar-refractivity contribution in [3.8, 4) is 73.2 Å². The average molecular weight is 793 g/mol. The Morgan fingerprint density at radius 2 is 0.790 bits per heavy atom. The number of nitrogens with zero attached hydrogens (tertiary/aromatic N) is 4. The van der Waals surface area contributed by atoms with Crippen molar-refractivity contribution in [3.63, 3.8) is 0 Å². The van der Waals surface area contributed by atoms with Crippen molar-refractivity contribution in [2.45, 2.75) is 0 Å². The monoisotopic (exact) mass is 792 g/mol. The van der Waals surface area contributed by atoms with Crippen LogP contribution in [0.2, 0.25) is 0 Å². The van der Waals surface area contributed by atoms with Crippen LogP contribution < -0.4 is 0 Å². The highest BCUT2D eigenvalue weighted by Gasteiger charge is 2.20.